The van der Waals surface area contributed by atoms with Crippen molar-refractivity contribution in [1.29, 1.82) is 0 Å². The summed E-state index contributed by atoms with van der Waals surface area (Å²) in [7, 11) is 0. The normalized spacial score (nSPS) is 14.9. The van der Waals surface area contributed by atoms with Crippen molar-refractivity contribution in [3.63, 3.8) is 0 Å². The van der Waals surface area contributed by atoms with Crippen molar-refractivity contribution < 1.29 is 0 Å². The van der Waals surface area contributed by atoms with Gasteiger partial charge in [0.05, 0.1) is 16.6 Å². The molecule has 0 fully saturated rings. The Labute approximate surface area is 362 Å². The molecule has 0 saturated carbocycles. The van der Waals surface area contributed by atoms with E-state index in [-0.39, 0.29) is 23.0 Å². The molecule has 2 aliphatic heterocycles. The number of hydrogen-bond acceptors (Lipinski definition) is 0. The molecule has 2 aromatic heterocycles. The molecule has 0 spiro atoms. The van der Waals surface area contributed by atoms with Crippen LogP contribution in [0.3, 0.4) is 0 Å². The zero-order valence-electron chi connectivity index (χ0n) is 36.8. The van der Waals surface area contributed by atoms with Crippen LogP contribution in [0.4, 0.5) is 0 Å². The summed E-state index contributed by atoms with van der Waals surface area (Å²) < 4.78 is 5.38. The van der Waals surface area contributed by atoms with E-state index in [4.69, 9.17) is 0 Å². The van der Waals surface area contributed by atoms with E-state index in [1.54, 1.807) is 0 Å². The van der Waals surface area contributed by atoms with Gasteiger partial charge in [-0.1, -0.05) is 165 Å². The molecule has 0 saturated heterocycles. The number of para-hydroxylation sites is 1. The van der Waals surface area contributed by atoms with Gasteiger partial charge in [0, 0.05) is 49.2 Å². The minimum Gasteiger partial charge on any atom is -0.310 e. The van der Waals surface area contributed by atoms with Gasteiger partial charge in [0.2, 0.25) is 0 Å². The average Bonchev–Trinajstić information content (AvgIpc) is 3.86. The topological polar surface area (TPSA) is 9.86 Å². The third-order valence-corrected chi connectivity index (χ3v) is 15.5. The highest BCUT2D eigenvalue weighted by Gasteiger charge is 2.43. The zero-order valence-corrected chi connectivity index (χ0v) is 36.8. The van der Waals surface area contributed by atoms with Crippen LogP contribution in [0, 0.1) is 0 Å². The Morgan fingerprint density at radius 1 is 0.419 bits per heavy atom. The van der Waals surface area contributed by atoms with Crippen LogP contribution in [0.5, 0.6) is 0 Å². The second kappa shape index (κ2) is 11.1. The van der Waals surface area contributed by atoms with Gasteiger partial charge < -0.3 is 9.13 Å². The van der Waals surface area contributed by atoms with Crippen molar-refractivity contribution in [3.05, 3.63) is 162 Å². The van der Waals surface area contributed by atoms with Gasteiger partial charge in [-0.15, -0.1) is 0 Å². The summed E-state index contributed by atoms with van der Waals surface area (Å²) in [6, 6.07) is 54.7. The molecule has 296 valence electrons. The molecule has 0 N–H and O–H groups in total. The number of aromatic nitrogens is 2. The maximum atomic E-state index is 2.70. The van der Waals surface area contributed by atoms with E-state index in [9.17, 15) is 0 Å². The first-order valence-electron chi connectivity index (χ1n) is 22.6. The molecule has 0 atom stereocenters. The number of hydrogen-bond donors (Lipinski definition) is 0. The minimum absolute atomic E-state index is 0.00927. The molecule has 0 radical (unpaired) electrons. The first kappa shape index (κ1) is 35.1. The highest BCUT2D eigenvalue weighted by atomic mass is 15.0. The number of fused-ring (bicyclic) bond motifs is 20. The van der Waals surface area contributed by atoms with E-state index in [2.05, 4.69) is 204 Å². The molecule has 14 rings (SSSR count). The second-order valence-electron chi connectivity index (χ2n) is 21.3. The maximum absolute atomic E-state index is 2.70. The van der Waals surface area contributed by atoms with Crippen molar-refractivity contribution in [1.82, 2.24) is 9.13 Å². The zero-order chi connectivity index (χ0) is 41.9. The number of nitrogens with zero attached hydrogens (tertiary/aromatic N) is 2. The molecule has 9 aromatic carbocycles. The third-order valence-electron chi connectivity index (χ3n) is 15.5. The highest BCUT2D eigenvalue weighted by Crippen LogP contribution is 2.52. The second-order valence-corrected chi connectivity index (χ2v) is 21.3. The molecular formula is C59H47BN2. The van der Waals surface area contributed by atoms with Crippen molar-refractivity contribution >= 4 is 99.0 Å². The van der Waals surface area contributed by atoms with Crippen molar-refractivity contribution in [2.75, 3.05) is 0 Å². The summed E-state index contributed by atoms with van der Waals surface area (Å²) in [5.74, 6) is 0. The Bertz CT molecular complexity index is 3910. The standard InChI is InChI=1S/C59H47BN2/c1-57(2,3)32-24-25-40-48(26-32)62-51-28-33(58(4,5)6)27-50-54(51)60(47-30-43-36-18-10-9-16-34(36)35-17-11-12-20-38(35)52(43)53(40)56(47)62)46-23-15-21-39-42-29-45-41(31-49(42)61(50)55(39)46)37-19-13-14-22-44(37)59(45,7)8/h9-31H,1-8H3. The van der Waals surface area contributed by atoms with Gasteiger partial charge in [0.25, 0.3) is 6.71 Å². The molecule has 0 unspecified atom stereocenters. The Morgan fingerprint density at radius 3 is 1.76 bits per heavy atom. The Morgan fingerprint density at radius 2 is 1.03 bits per heavy atom. The molecule has 1 aliphatic carbocycles. The van der Waals surface area contributed by atoms with Crippen LogP contribution < -0.4 is 16.4 Å². The smallest absolute Gasteiger partial charge is 0.252 e. The van der Waals surface area contributed by atoms with Gasteiger partial charge in [-0.05, 0) is 118 Å². The van der Waals surface area contributed by atoms with Crippen molar-refractivity contribution in [2.24, 2.45) is 0 Å². The average molecular weight is 795 g/mol. The summed E-state index contributed by atoms with van der Waals surface area (Å²) >= 11 is 0. The van der Waals surface area contributed by atoms with E-state index >= 15 is 0 Å². The Balaban J connectivity index is 1.23. The molecule has 2 nitrogen and oxygen atoms in total. The van der Waals surface area contributed by atoms with E-state index in [0.29, 0.717) is 0 Å². The van der Waals surface area contributed by atoms with Crippen LogP contribution in [-0.4, -0.2) is 15.8 Å². The number of rotatable bonds is 0. The molecule has 0 bridgehead atoms. The first-order valence-corrected chi connectivity index (χ1v) is 22.6. The van der Waals surface area contributed by atoms with Crippen LogP contribution in [0.1, 0.15) is 77.6 Å². The summed E-state index contributed by atoms with van der Waals surface area (Å²) in [5, 5.41) is 13.4. The predicted molar refractivity (Wildman–Crippen MR) is 267 cm³/mol. The summed E-state index contributed by atoms with van der Waals surface area (Å²) in [5.41, 5.74) is 20.3. The Kier molecular flexibility index (Phi) is 6.26. The van der Waals surface area contributed by atoms with Crippen molar-refractivity contribution in [2.45, 2.75) is 71.6 Å². The first-order chi connectivity index (χ1) is 29.8. The molecule has 62 heavy (non-hydrogen) atoms. The lowest BCUT2D eigenvalue weighted by Gasteiger charge is -2.36. The third kappa shape index (κ3) is 4.09. The Hall–Kier alpha value is -6.58. The highest BCUT2D eigenvalue weighted by molar-refractivity contribution is 7.00. The molecule has 11 aromatic rings. The van der Waals surface area contributed by atoms with Gasteiger partial charge in [-0.3, -0.25) is 0 Å². The maximum Gasteiger partial charge on any atom is 0.252 e. The van der Waals surface area contributed by atoms with E-state index in [1.165, 1.54) is 137 Å². The van der Waals surface area contributed by atoms with E-state index in [0.717, 1.165) is 0 Å². The van der Waals surface area contributed by atoms with Gasteiger partial charge in [-0.25, -0.2) is 0 Å². The minimum atomic E-state index is -0.0816. The molecular weight excluding hydrogens is 747 g/mol. The summed E-state index contributed by atoms with van der Waals surface area (Å²) in [4.78, 5) is 0. The lowest BCUT2D eigenvalue weighted by molar-refractivity contribution is 0.589. The van der Waals surface area contributed by atoms with E-state index in [1.807, 2.05) is 0 Å². The van der Waals surface area contributed by atoms with Crippen LogP contribution in [-0.2, 0) is 16.2 Å². The monoisotopic (exact) mass is 794 g/mol. The van der Waals surface area contributed by atoms with Gasteiger partial charge in [0.15, 0.2) is 0 Å². The molecule has 4 heterocycles. The lowest BCUT2D eigenvalue weighted by atomic mass is 9.34. The number of benzene rings is 9. The fraction of sp³-hybridized carbons (Fsp3) is 0.186. The van der Waals surface area contributed by atoms with Crippen LogP contribution >= 0.6 is 0 Å². The van der Waals surface area contributed by atoms with Gasteiger partial charge >= 0.3 is 0 Å². The van der Waals surface area contributed by atoms with E-state index < -0.39 is 0 Å². The van der Waals surface area contributed by atoms with Crippen LogP contribution in [0.15, 0.2) is 140 Å². The molecule has 3 aliphatic rings. The summed E-state index contributed by atoms with van der Waals surface area (Å²) in [6.45, 7) is 19.1. The van der Waals surface area contributed by atoms with Gasteiger partial charge in [0.1, 0.15) is 0 Å². The largest absolute Gasteiger partial charge is 0.310 e. The van der Waals surface area contributed by atoms with Crippen LogP contribution in [0.25, 0.3) is 98.4 Å². The quantitative estimate of drug-likeness (QED) is 0.107. The molecule has 3 heteroatoms. The van der Waals surface area contributed by atoms with Crippen molar-refractivity contribution in [3.8, 4) is 22.5 Å². The lowest BCUT2D eigenvalue weighted by Crippen LogP contribution is -2.59. The molecule has 0 amide bonds. The summed E-state index contributed by atoms with van der Waals surface area (Å²) in [6.07, 6.45) is 0. The fourth-order valence-electron chi connectivity index (χ4n) is 12.5. The van der Waals surface area contributed by atoms with Crippen LogP contribution in [0.2, 0.25) is 0 Å². The SMILES string of the molecule is CC(C)(C)c1cc2c3c(c1)-n1c4cc(C(C)(C)C)ccc4c4c5c6ccccc6c6ccccc6c5cc(c41)B3c1cccc3c4cc5c(cc4n-2c13)-c1ccccc1C5(C)C. The van der Waals surface area contributed by atoms with Gasteiger partial charge in [-0.2, -0.15) is 0 Å². The predicted octanol–water partition coefficient (Wildman–Crippen LogP) is 13.4. The fourth-order valence-corrected chi connectivity index (χ4v) is 12.5.